The number of fused-ring (bicyclic) bond motifs is 4. The molecule has 0 bridgehead atoms. The Hall–Kier alpha value is -2.90. The number of hydrogen-bond donors (Lipinski definition) is 2. The van der Waals surface area contributed by atoms with Crippen LogP contribution in [0.15, 0.2) is 42.5 Å². The summed E-state index contributed by atoms with van der Waals surface area (Å²) in [5.41, 5.74) is 1.41. The van der Waals surface area contributed by atoms with Gasteiger partial charge in [0.1, 0.15) is 5.54 Å². The summed E-state index contributed by atoms with van der Waals surface area (Å²) >= 11 is 6.30. The first-order chi connectivity index (χ1) is 15.4. The highest BCUT2D eigenvalue weighted by Gasteiger charge is 2.65. The van der Waals surface area contributed by atoms with Crippen LogP contribution in [0.2, 0.25) is 5.02 Å². The highest BCUT2D eigenvalue weighted by Crippen LogP contribution is 2.55. The van der Waals surface area contributed by atoms with Gasteiger partial charge >= 0.3 is 5.97 Å². The van der Waals surface area contributed by atoms with Crippen LogP contribution in [0.4, 0.5) is 11.4 Å². The number of nitrogens with zero attached hydrogens (tertiary/aromatic N) is 1. The Morgan fingerprint density at radius 1 is 1.25 bits per heavy atom. The predicted molar refractivity (Wildman–Crippen MR) is 121 cm³/mol. The maximum absolute atomic E-state index is 13.5. The van der Waals surface area contributed by atoms with E-state index >= 15 is 0 Å². The second kappa shape index (κ2) is 7.90. The number of ether oxygens (including phenoxy) is 1. The van der Waals surface area contributed by atoms with Crippen LogP contribution in [0.25, 0.3) is 0 Å². The molecular weight excluding hydrogens is 430 g/mol. The maximum atomic E-state index is 13.5. The first-order valence-corrected chi connectivity index (χ1v) is 11.3. The van der Waals surface area contributed by atoms with Crippen molar-refractivity contribution >= 4 is 40.8 Å². The molecule has 3 aliphatic rings. The molecule has 2 fully saturated rings. The first kappa shape index (κ1) is 21.0. The molecule has 2 aromatic rings. The zero-order chi connectivity index (χ0) is 22.5. The van der Waals surface area contributed by atoms with Crippen molar-refractivity contribution in [1.29, 1.82) is 0 Å². The normalized spacial score (nSPS) is 26.0. The fourth-order valence-electron chi connectivity index (χ4n) is 5.53. The summed E-state index contributed by atoms with van der Waals surface area (Å²) in [4.78, 5) is 41.0. The number of nitrogens with one attached hydrogen (secondary N) is 2. The van der Waals surface area contributed by atoms with Crippen molar-refractivity contribution < 1.29 is 19.1 Å². The molecule has 2 aromatic carbocycles. The molecule has 166 valence electrons. The minimum absolute atomic E-state index is 0.169. The molecule has 2 N–H and O–H groups in total. The Balaban J connectivity index is 1.47. The summed E-state index contributed by atoms with van der Waals surface area (Å²) in [6.45, 7) is 2.81. The van der Waals surface area contributed by atoms with Crippen LogP contribution in [0.5, 0.6) is 0 Å². The summed E-state index contributed by atoms with van der Waals surface area (Å²) in [5, 5.41) is 6.48. The molecule has 3 aliphatic heterocycles. The summed E-state index contributed by atoms with van der Waals surface area (Å²) in [5.74, 6) is -1.35. The van der Waals surface area contributed by atoms with E-state index in [2.05, 4.69) is 15.5 Å². The molecule has 0 saturated carbocycles. The van der Waals surface area contributed by atoms with Crippen molar-refractivity contribution in [2.24, 2.45) is 5.92 Å². The summed E-state index contributed by atoms with van der Waals surface area (Å²) < 4.78 is 5.00. The number of carbonyl (C=O) groups is 3. The number of halogens is 1. The van der Waals surface area contributed by atoms with Crippen LogP contribution < -0.4 is 10.6 Å². The number of esters is 1. The van der Waals surface area contributed by atoms with Crippen LogP contribution in [0.1, 0.15) is 42.1 Å². The van der Waals surface area contributed by atoms with E-state index in [0.717, 1.165) is 24.9 Å². The number of carbonyl (C=O) groups excluding carboxylic acids is 3. The first-order valence-electron chi connectivity index (χ1n) is 10.9. The van der Waals surface area contributed by atoms with Crippen molar-refractivity contribution in [1.82, 2.24) is 4.90 Å². The van der Waals surface area contributed by atoms with Crippen LogP contribution in [0.3, 0.4) is 0 Å². The molecule has 3 atom stereocenters. The Bertz CT molecular complexity index is 1100. The molecule has 1 spiro atoms. The quantitative estimate of drug-likeness (QED) is 0.688. The zero-order valence-corrected chi connectivity index (χ0v) is 18.4. The third kappa shape index (κ3) is 3.11. The molecule has 2 saturated heterocycles. The van der Waals surface area contributed by atoms with E-state index < -0.39 is 17.4 Å². The molecule has 8 heteroatoms. The van der Waals surface area contributed by atoms with Gasteiger partial charge in [-0.3, -0.25) is 14.5 Å². The van der Waals surface area contributed by atoms with Crippen LogP contribution in [0, 0.1) is 5.92 Å². The fraction of sp³-hybridized carbons (Fsp3) is 0.375. The van der Waals surface area contributed by atoms with Crippen molar-refractivity contribution in [2.45, 2.75) is 37.8 Å². The lowest BCUT2D eigenvalue weighted by Crippen LogP contribution is -2.53. The third-order valence-corrected chi connectivity index (χ3v) is 7.04. The minimum atomic E-state index is -1.06. The number of rotatable bonds is 4. The van der Waals surface area contributed by atoms with E-state index in [1.807, 2.05) is 6.07 Å². The maximum Gasteiger partial charge on any atom is 0.338 e. The molecule has 3 heterocycles. The van der Waals surface area contributed by atoms with Crippen LogP contribution in [-0.4, -0.2) is 41.9 Å². The molecule has 0 unspecified atom stereocenters. The average Bonchev–Trinajstić information content (AvgIpc) is 3.43. The molecule has 0 radical (unpaired) electrons. The lowest BCUT2D eigenvalue weighted by molar-refractivity contribution is -0.135. The van der Waals surface area contributed by atoms with Crippen molar-refractivity contribution in [3.63, 3.8) is 0 Å². The minimum Gasteiger partial charge on any atom is -0.462 e. The van der Waals surface area contributed by atoms with E-state index in [1.165, 1.54) is 0 Å². The van der Waals surface area contributed by atoms with Gasteiger partial charge in [-0.2, -0.15) is 0 Å². The van der Waals surface area contributed by atoms with Crippen LogP contribution >= 0.6 is 11.6 Å². The number of benzene rings is 2. The van der Waals surface area contributed by atoms with Gasteiger partial charge < -0.3 is 15.4 Å². The molecule has 5 rings (SSSR count). The zero-order valence-electron chi connectivity index (χ0n) is 17.7. The van der Waals surface area contributed by atoms with E-state index in [0.29, 0.717) is 35.0 Å². The molecule has 0 aliphatic carbocycles. The SMILES string of the molecule is CCOC(=O)c1ccc(NC(=O)[C@H]2C[C@@H]3CCCN3[C@]23C(=O)Nc2ccc(Cl)cc23)cc1. The number of hydrogen-bond acceptors (Lipinski definition) is 5. The van der Waals surface area contributed by atoms with Crippen molar-refractivity contribution in [2.75, 3.05) is 23.8 Å². The predicted octanol–water partition coefficient (Wildman–Crippen LogP) is 3.79. The Morgan fingerprint density at radius 2 is 2.03 bits per heavy atom. The lowest BCUT2D eigenvalue weighted by atomic mass is 9.78. The Morgan fingerprint density at radius 3 is 2.78 bits per heavy atom. The average molecular weight is 454 g/mol. The van der Waals surface area contributed by atoms with E-state index in [1.54, 1.807) is 43.3 Å². The summed E-state index contributed by atoms with van der Waals surface area (Å²) in [6.07, 6.45) is 2.56. The van der Waals surface area contributed by atoms with Crippen molar-refractivity contribution in [3.05, 3.63) is 58.6 Å². The van der Waals surface area contributed by atoms with E-state index in [4.69, 9.17) is 16.3 Å². The molecule has 32 heavy (non-hydrogen) atoms. The largest absolute Gasteiger partial charge is 0.462 e. The molecule has 0 aromatic heterocycles. The van der Waals surface area contributed by atoms with Crippen LogP contribution in [-0.2, 0) is 19.9 Å². The summed E-state index contributed by atoms with van der Waals surface area (Å²) in [6, 6.07) is 12.1. The van der Waals surface area contributed by atoms with Gasteiger partial charge in [0, 0.05) is 28.0 Å². The van der Waals surface area contributed by atoms with Crippen molar-refractivity contribution in [3.8, 4) is 0 Å². The van der Waals surface area contributed by atoms with Gasteiger partial charge in [-0.1, -0.05) is 11.6 Å². The van der Waals surface area contributed by atoms with Gasteiger partial charge in [0.15, 0.2) is 0 Å². The van der Waals surface area contributed by atoms with Gasteiger partial charge in [-0.25, -0.2) is 4.79 Å². The number of amides is 2. The number of anilines is 2. The van der Waals surface area contributed by atoms with E-state index in [9.17, 15) is 14.4 Å². The smallest absolute Gasteiger partial charge is 0.338 e. The summed E-state index contributed by atoms with van der Waals surface area (Å²) in [7, 11) is 0. The van der Waals surface area contributed by atoms with Gasteiger partial charge in [-0.05, 0) is 75.2 Å². The Labute approximate surface area is 191 Å². The standard InChI is InChI=1S/C24H24ClN3O4/c1-2-32-22(30)14-5-8-16(9-6-14)26-21(29)19-13-17-4-3-11-28(17)24(19)18-12-15(25)7-10-20(18)27-23(24)31/h5-10,12,17,19H,2-4,11,13H2,1H3,(H,26,29)(H,27,31)/t17-,19+,24-/m0/s1. The topological polar surface area (TPSA) is 87.7 Å². The second-order valence-corrected chi connectivity index (χ2v) is 8.91. The Kier molecular flexibility index (Phi) is 5.18. The third-order valence-electron chi connectivity index (χ3n) is 6.81. The molecule has 2 amide bonds. The fourth-order valence-corrected chi connectivity index (χ4v) is 5.70. The van der Waals surface area contributed by atoms with Gasteiger partial charge in [0.05, 0.1) is 18.1 Å². The van der Waals surface area contributed by atoms with Gasteiger partial charge in [-0.15, -0.1) is 0 Å². The monoisotopic (exact) mass is 453 g/mol. The van der Waals surface area contributed by atoms with Gasteiger partial charge in [0.25, 0.3) is 0 Å². The molecule has 7 nitrogen and oxygen atoms in total. The van der Waals surface area contributed by atoms with E-state index in [-0.39, 0.29) is 17.9 Å². The van der Waals surface area contributed by atoms with Gasteiger partial charge in [0.2, 0.25) is 11.8 Å². The highest BCUT2D eigenvalue weighted by atomic mass is 35.5. The highest BCUT2D eigenvalue weighted by molar-refractivity contribution is 6.31. The lowest BCUT2D eigenvalue weighted by Gasteiger charge is -2.36. The molecular formula is C24H24ClN3O4. The second-order valence-electron chi connectivity index (χ2n) is 8.48.